The molecule has 1 atom stereocenters. The zero-order chi connectivity index (χ0) is 15.5. The number of benzene rings is 2. The molecule has 0 aliphatic rings. The van der Waals surface area contributed by atoms with Gasteiger partial charge in [0.25, 0.3) is 0 Å². The van der Waals surface area contributed by atoms with Crippen molar-refractivity contribution in [2.75, 3.05) is 0 Å². The van der Waals surface area contributed by atoms with Gasteiger partial charge in [-0.3, -0.25) is 0 Å². The molecule has 6 heteroatoms. The van der Waals surface area contributed by atoms with Crippen LogP contribution in [-0.4, -0.2) is 16.6 Å². The van der Waals surface area contributed by atoms with Crippen molar-refractivity contribution < 1.29 is 28.1 Å². The smallest absolute Gasteiger partial charge is 0.508 e. The molecule has 0 spiro atoms. The minimum absolute atomic E-state index is 0.127. The fourth-order valence-corrected chi connectivity index (χ4v) is 1.86. The molecule has 21 heavy (non-hydrogen) atoms. The molecule has 2 aromatic rings. The van der Waals surface area contributed by atoms with Crippen LogP contribution in [0.25, 0.3) is 0 Å². The summed E-state index contributed by atoms with van der Waals surface area (Å²) in [5.74, 6) is -0.204. The fraction of sp³-hybridized carbons (Fsp3) is 0.200. The molecule has 0 fully saturated rings. The molecule has 0 bridgehead atoms. The van der Waals surface area contributed by atoms with Gasteiger partial charge in [-0.1, -0.05) is 24.3 Å². The largest absolute Gasteiger partial charge is 0.573 e. The van der Waals surface area contributed by atoms with Gasteiger partial charge in [0.1, 0.15) is 11.5 Å². The molecule has 1 unspecified atom stereocenters. The molecule has 112 valence electrons. The third kappa shape index (κ3) is 4.68. The lowest BCUT2D eigenvalue weighted by Gasteiger charge is -2.13. The van der Waals surface area contributed by atoms with Gasteiger partial charge in [0.2, 0.25) is 0 Å². The molecule has 0 saturated carbocycles. The molecule has 0 heterocycles. The first-order chi connectivity index (χ1) is 9.83. The number of halogens is 3. The quantitative estimate of drug-likeness (QED) is 0.907. The number of aliphatic hydroxyl groups excluding tert-OH is 1. The number of phenolic OH excluding ortho intramolecular Hbond substituents is 1. The van der Waals surface area contributed by atoms with Crippen LogP contribution in [0.4, 0.5) is 13.2 Å². The first-order valence-corrected chi connectivity index (χ1v) is 6.15. The minimum Gasteiger partial charge on any atom is -0.508 e. The van der Waals surface area contributed by atoms with E-state index in [1.165, 1.54) is 24.3 Å². The number of hydrogen-bond acceptors (Lipinski definition) is 3. The van der Waals surface area contributed by atoms with Crippen LogP contribution >= 0.6 is 0 Å². The molecular weight excluding hydrogens is 285 g/mol. The number of hydrogen-bond donors (Lipinski definition) is 2. The van der Waals surface area contributed by atoms with Gasteiger partial charge in [0.15, 0.2) is 0 Å². The third-order valence-corrected chi connectivity index (χ3v) is 2.86. The lowest BCUT2D eigenvalue weighted by atomic mass is 10.0. The Morgan fingerprint density at radius 1 is 0.952 bits per heavy atom. The Kier molecular flexibility index (Phi) is 4.37. The molecule has 0 saturated heterocycles. The lowest BCUT2D eigenvalue weighted by molar-refractivity contribution is -0.274. The Hall–Kier alpha value is -2.21. The zero-order valence-electron chi connectivity index (χ0n) is 10.8. The van der Waals surface area contributed by atoms with Crippen LogP contribution in [0, 0.1) is 0 Å². The summed E-state index contributed by atoms with van der Waals surface area (Å²) in [4.78, 5) is 0. The average Bonchev–Trinajstić information content (AvgIpc) is 2.40. The van der Waals surface area contributed by atoms with Crippen LogP contribution in [0.15, 0.2) is 48.5 Å². The highest BCUT2D eigenvalue weighted by Crippen LogP contribution is 2.25. The van der Waals surface area contributed by atoms with Crippen molar-refractivity contribution in [3.8, 4) is 11.5 Å². The molecule has 0 radical (unpaired) electrons. The SMILES string of the molecule is Oc1ccc(CC(O)c2ccc(OC(F)(F)F)cc2)cc1. The van der Waals surface area contributed by atoms with Crippen LogP contribution in [0.1, 0.15) is 17.2 Å². The molecule has 3 nitrogen and oxygen atoms in total. The summed E-state index contributed by atoms with van der Waals surface area (Å²) in [6.07, 6.45) is -5.29. The number of aliphatic hydroxyl groups is 1. The van der Waals surface area contributed by atoms with E-state index in [-0.39, 0.29) is 11.5 Å². The molecule has 0 aromatic heterocycles. The highest BCUT2D eigenvalue weighted by Gasteiger charge is 2.31. The second-order valence-corrected chi connectivity index (χ2v) is 4.50. The van der Waals surface area contributed by atoms with Gasteiger partial charge in [-0.05, 0) is 35.4 Å². The van der Waals surface area contributed by atoms with E-state index < -0.39 is 12.5 Å². The molecular formula is C15H13F3O3. The van der Waals surface area contributed by atoms with Crippen molar-refractivity contribution in [1.29, 1.82) is 0 Å². The highest BCUT2D eigenvalue weighted by atomic mass is 19.4. The average molecular weight is 298 g/mol. The van der Waals surface area contributed by atoms with Crippen molar-refractivity contribution >= 4 is 0 Å². The maximum atomic E-state index is 12.0. The van der Waals surface area contributed by atoms with Crippen molar-refractivity contribution in [1.82, 2.24) is 0 Å². The van der Waals surface area contributed by atoms with Crippen molar-refractivity contribution in [2.24, 2.45) is 0 Å². The summed E-state index contributed by atoms with van der Waals surface area (Å²) < 4.78 is 39.8. The van der Waals surface area contributed by atoms with E-state index in [0.717, 1.165) is 17.7 Å². The van der Waals surface area contributed by atoms with E-state index in [9.17, 15) is 18.3 Å². The summed E-state index contributed by atoms with van der Waals surface area (Å²) in [6, 6.07) is 11.4. The van der Waals surface area contributed by atoms with Crippen LogP contribution in [0.5, 0.6) is 11.5 Å². The van der Waals surface area contributed by atoms with Gasteiger partial charge in [-0.15, -0.1) is 13.2 Å². The number of phenols is 1. The summed E-state index contributed by atoms with van der Waals surface area (Å²) in [5.41, 5.74) is 1.29. The number of ether oxygens (including phenoxy) is 1. The number of alkyl halides is 3. The monoisotopic (exact) mass is 298 g/mol. The van der Waals surface area contributed by atoms with Gasteiger partial charge in [0.05, 0.1) is 6.10 Å². The standard InChI is InChI=1S/C15H13F3O3/c16-15(17,18)21-13-7-3-11(4-8-13)14(20)9-10-1-5-12(19)6-2-10/h1-8,14,19-20H,9H2. The maximum Gasteiger partial charge on any atom is 0.573 e. The van der Waals surface area contributed by atoms with E-state index >= 15 is 0 Å². The van der Waals surface area contributed by atoms with Crippen molar-refractivity contribution in [2.45, 2.75) is 18.9 Å². The molecule has 2 rings (SSSR count). The Balaban J connectivity index is 2.02. The van der Waals surface area contributed by atoms with E-state index in [1.807, 2.05) is 0 Å². The first-order valence-electron chi connectivity index (χ1n) is 6.15. The van der Waals surface area contributed by atoms with Gasteiger partial charge in [0, 0.05) is 6.42 Å². The summed E-state index contributed by atoms with van der Waals surface area (Å²) in [6.45, 7) is 0. The van der Waals surface area contributed by atoms with Crippen LogP contribution in [0.3, 0.4) is 0 Å². The Morgan fingerprint density at radius 3 is 2.05 bits per heavy atom. The van der Waals surface area contributed by atoms with Gasteiger partial charge < -0.3 is 14.9 Å². The predicted molar refractivity (Wildman–Crippen MR) is 69.9 cm³/mol. The Bertz CT molecular complexity index is 577. The second kappa shape index (κ2) is 6.05. The third-order valence-electron chi connectivity index (χ3n) is 2.86. The topological polar surface area (TPSA) is 49.7 Å². The molecule has 0 aliphatic heterocycles. The molecule has 0 aliphatic carbocycles. The van der Waals surface area contributed by atoms with E-state index in [0.29, 0.717) is 12.0 Å². The molecule has 2 N–H and O–H groups in total. The van der Waals surface area contributed by atoms with E-state index in [4.69, 9.17) is 5.11 Å². The fourth-order valence-electron chi connectivity index (χ4n) is 1.86. The van der Waals surface area contributed by atoms with Crippen LogP contribution in [-0.2, 0) is 6.42 Å². The first kappa shape index (κ1) is 15.2. The zero-order valence-corrected chi connectivity index (χ0v) is 10.8. The van der Waals surface area contributed by atoms with Crippen molar-refractivity contribution in [3.63, 3.8) is 0 Å². The maximum absolute atomic E-state index is 12.0. The molecule has 2 aromatic carbocycles. The van der Waals surface area contributed by atoms with Crippen LogP contribution in [0.2, 0.25) is 0 Å². The van der Waals surface area contributed by atoms with Gasteiger partial charge in [-0.25, -0.2) is 0 Å². The van der Waals surface area contributed by atoms with E-state index in [2.05, 4.69) is 4.74 Å². The van der Waals surface area contributed by atoms with Gasteiger partial charge in [-0.2, -0.15) is 0 Å². The van der Waals surface area contributed by atoms with Gasteiger partial charge >= 0.3 is 6.36 Å². The van der Waals surface area contributed by atoms with Crippen molar-refractivity contribution in [3.05, 3.63) is 59.7 Å². The second-order valence-electron chi connectivity index (χ2n) is 4.50. The van der Waals surface area contributed by atoms with E-state index in [1.54, 1.807) is 12.1 Å². The number of rotatable bonds is 4. The minimum atomic E-state index is -4.73. The summed E-state index contributed by atoms with van der Waals surface area (Å²) in [5, 5.41) is 19.2. The summed E-state index contributed by atoms with van der Waals surface area (Å²) in [7, 11) is 0. The van der Waals surface area contributed by atoms with Crippen LogP contribution < -0.4 is 4.74 Å². The summed E-state index contributed by atoms with van der Waals surface area (Å²) >= 11 is 0. The Labute approximate surface area is 119 Å². The Morgan fingerprint density at radius 2 is 1.52 bits per heavy atom. The predicted octanol–water partition coefficient (Wildman–Crippen LogP) is 3.57. The normalized spacial score (nSPS) is 13.0. The lowest BCUT2D eigenvalue weighted by Crippen LogP contribution is -2.17. The highest BCUT2D eigenvalue weighted by molar-refractivity contribution is 5.31. The molecule has 0 amide bonds. The number of aromatic hydroxyl groups is 1.